The molecule has 1 aliphatic rings. The number of rotatable bonds is 9. The molecule has 0 radical (unpaired) electrons. The number of nitrogens with zero attached hydrogens (tertiary/aromatic N) is 4. The Morgan fingerprint density at radius 2 is 1.59 bits per heavy atom. The summed E-state index contributed by atoms with van der Waals surface area (Å²) in [5.74, 6) is 5.68. The van der Waals surface area contributed by atoms with Gasteiger partial charge in [-0.2, -0.15) is 5.10 Å². The highest BCUT2D eigenvalue weighted by Gasteiger charge is 2.33. The summed E-state index contributed by atoms with van der Waals surface area (Å²) < 4.78 is 11.2. The Labute approximate surface area is 304 Å². The normalized spacial score (nSPS) is 18.1. The van der Waals surface area contributed by atoms with Gasteiger partial charge >= 0.3 is 0 Å². The first-order chi connectivity index (χ1) is 24.4. The Kier molecular flexibility index (Phi) is 9.43. The molecule has 264 valence electrons. The molecule has 0 saturated heterocycles. The van der Waals surface area contributed by atoms with E-state index < -0.39 is 0 Å². The molecule has 0 amide bonds. The van der Waals surface area contributed by atoms with E-state index in [4.69, 9.17) is 14.8 Å². The lowest BCUT2D eigenvalue weighted by Crippen LogP contribution is -2.24. The van der Waals surface area contributed by atoms with Gasteiger partial charge in [0.15, 0.2) is 0 Å². The quantitative estimate of drug-likeness (QED) is 0.143. The number of benzene rings is 3. The average molecular weight is 679 g/mol. The van der Waals surface area contributed by atoms with Crippen molar-refractivity contribution in [2.75, 3.05) is 0 Å². The highest BCUT2D eigenvalue weighted by atomic mass is 16.5. The molecule has 3 aromatic carbocycles. The first-order valence-corrected chi connectivity index (χ1v) is 19.0. The maximum atomic E-state index is 6.78. The van der Waals surface area contributed by atoms with E-state index in [1.165, 1.54) is 45.2 Å². The van der Waals surface area contributed by atoms with Crippen molar-refractivity contribution in [2.45, 2.75) is 93.9 Å². The van der Waals surface area contributed by atoms with Crippen molar-refractivity contribution in [2.24, 2.45) is 23.7 Å². The second kappa shape index (κ2) is 13.8. The zero-order chi connectivity index (χ0) is 36.1. The van der Waals surface area contributed by atoms with Crippen LogP contribution in [0.25, 0.3) is 33.3 Å². The molecule has 7 rings (SSSR count). The Morgan fingerprint density at radius 3 is 2.31 bits per heavy atom. The second-order valence-electron chi connectivity index (χ2n) is 16.2. The first kappa shape index (κ1) is 34.8. The summed E-state index contributed by atoms with van der Waals surface area (Å²) in [6.07, 6.45) is 6.70. The van der Waals surface area contributed by atoms with Crippen molar-refractivity contribution in [3.63, 3.8) is 0 Å². The molecule has 3 aromatic heterocycles. The summed E-state index contributed by atoms with van der Waals surface area (Å²) in [6.45, 7) is 22.9. The van der Waals surface area contributed by atoms with Crippen LogP contribution >= 0.6 is 0 Å². The molecule has 0 bridgehead atoms. The van der Waals surface area contributed by atoms with Crippen LogP contribution in [0, 0.1) is 37.5 Å². The number of hydrogen-bond donors (Lipinski definition) is 0. The maximum absolute atomic E-state index is 6.78. The van der Waals surface area contributed by atoms with Gasteiger partial charge in [-0.25, -0.2) is 9.67 Å². The topological polar surface area (TPSA) is 44.9 Å². The van der Waals surface area contributed by atoms with Crippen LogP contribution in [0.5, 0.6) is 11.5 Å². The number of ether oxygens (including phenoxy) is 1. The Morgan fingerprint density at radius 1 is 0.824 bits per heavy atom. The molecule has 5 heteroatoms. The molecule has 3 atom stereocenters. The zero-order valence-corrected chi connectivity index (χ0v) is 32.2. The van der Waals surface area contributed by atoms with Gasteiger partial charge in [0.1, 0.15) is 17.3 Å². The van der Waals surface area contributed by atoms with Crippen molar-refractivity contribution in [1.82, 2.24) is 19.3 Å². The van der Waals surface area contributed by atoms with Crippen LogP contribution in [0.4, 0.5) is 0 Å². The molecule has 1 aliphatic carbocycles. The summed E-state index contributed by atoms with van der Waals surface area (Å²) in [5, 5.41) is 7.57. The van der Waals surface area contributed by atoms with E-state index in [0.29, 0.717) is 35.5 Å². The van der Waals surface area contributed by atoms with Crippen LogP contribution in [0.3, 0.4) is 0 Å². The van der Waals surface area contributed by atoms with Gasteiger partial charge in [-0.15, -0.1) is 0 Å². The van der Waals surface area contributed by atoms with E-state index in [2.05, 4.69) is 157 Å². The van der Waals surface area contributed by atoms with E-state index in [0.717, 1.165) is 46.2 Å². The average Bonchev–Trinajstić information content (AvgIpc) is 3.56. The molecule has 0 N–H and O–H groups in total. The van der Waals surface area contributed by atoms with Gasteiger partial charge in [0, 0.05) is 46.3 Å². The lowest BCUT2D eigenvalue weighted by atomic mass is 9.69. The van der Waals surface area contributed by atoms with E-state index >= 15 is 0 Å². The minimum absolute atomic E-state index is 0.328. The smallest absolute Gasteiger partial charge is 0.137 e. The molecule has 51 heavy (non-hydrogen) atoms. The van der Waals surface area contributed by atoms with Crippen molar-refractivity contribution < 1.29 is 4.74 Å². The summed E-state index contributed by atoms with van der Waals surface area (Å²) in [6, 6.07) is 26.0. The van der Waals surface area contributed by atoms with Crippen LogP contribution in [0.1, 0.15) is 102 Å². The van der Waals surface area contributed by atoms with Crippen LogP contribution < -0.4 is 4.74 Å². The third-order valence-electron chi connectivity index (χ3n) is 11.1. The van der Waals surface area contributed by atoms with E-state index in [1.807, 2.05) is 6.20 Å². The largest absolute Gasteiger partial charge is 0.457 e. The molecular weight excluding hydrogens is 625 g/mol. The predicted molar refractivity (Wildman–Crippen MR) is 213 cm³/mol. The third-order valence-corrected chi connectivity index (χ3v) is 11.1. The van der Waals surface area contributed by atoms with E-state index in [-0.39, 0.29) is 0 Å². The minimum Gasteiger partial charge on any atom is -0.457 e. The van der Waals surface area contributed by atoms with Gasteiger partial charge in [-0.05, 0) is 117 Å². The molecule has 5 nitrogen and oxygen atoms in total. The van der Waals surface area contributed by atoms with Gasteiger partial charge in [0.25, 0.3) is 0 Å². The lowest BCUT2D eigenvalue weighted by Gasteiger charge is -2.35. The van der Waals surface area contributed by atoms with Gasteiger partial charge < -0.3 is 4.74 Å². The summed E-state index contributed by atoms with van der Waals surface area (Å²) in [5.41, 5.74) is 11.0. The van der Waals surface area contributed by atoms with Crippen LogP contribution in [-0.2, 0) is 6.42 Å². The molecule has 6 aromatic rings. The number of para-hydroxylation sites is 1. The second-order valence-corrected chi connectivity index (χ2v) is 16.2. The molecule has 0 aliphatic heterocycles. The maximum Gasteiger partial charge on any atom is 0.137 e. The summed E-state index contributed by atoms with van der Waals surface area (Å²) in [7, 11) is 0. The SMILES string of the molecule is CC1=C[C@H](C(C)C)CC(C)[C@H]1c1c(C)nn(-c2cc(Oc3ccc4c5ccccc5n(-c5cc(CC(C)C)ccn5)c4c3)cc(C(C)C)c2)c1C. The number of pyridine rings is 1. The Hall–Kier alpha value is -4.64. The van der Waals surface area contributed by atoms with Crippen molar-refractivity contribution in [3.8, 4) is 23.0 Å². The summed E-state index contributed by atoms with van der Waals surface area (Å²) in [4.78, 5) is 4.86. The van der Waals surface area contributed by atoms with Crippen molar-refractivity contribution in [3.05, 3.63) is 119 Å². The van der Waals surface area contributed by atoms with Crippen molar-refractivity contribution in [1.29, 1.82) is 0 Å². The number of allylic oxidation sites excluding steroid dienone is 2. The van der Waals surface area contributed by atoms with Gasteiger partial charge in [-0.1, -0.05) is 78.3 Å². The molecule has 0 saturated carbocycles. The molecule has 3 heterocycles. The number of aromatic nitrogens is 4. The molecule has 1 unspecified atom stereocenters. The summed E-state index contributed by atoms with van der Waals surface area (Å²) >= 11 is 0. The molecule has 0 fully saturated rings. The Balaban J connectivity index is 1.29. The van der Waals surface area contributed by atoms with Gasteiger partial charge in [-0.3, -0.25) is 4.57 Å². The van der Waals surface area contributed by atoms with Gasteiger partial charge in [0.05, 0.1) is 22.4 Å². The lowest BCUT2D eigenvalue weighted by molar-refractivity contribution is 0.317. The van der Waals surface area contributed by atoms with Crippen molar-refractivity contribution >= 4 is 21.8 Å². The molecule has 0 spiro atoms. The Bertz CT molecular complexity index is 2250. The fourth-order valence-electron chi connectivity index (χ4n) is 8.55. The van der Waals surface area contributed by atoms with Crippen LogP contribution in [0.2, 0.25) is 0 Å². The van der Waals surface area contributed by atoms with Gasteiger partial charge in [0.2, 0.25) is 0 Å². The molecular formula is C46H54N4O. The first-order valence-electron chi connectivity index (χ1n) is 19.0. The predicted octanol–water partition coefficient (Wildman–Crippen LogP) is 12.4. The van der Waals surface area contributed by atoms with Crippen LogP contribution in [0.15, 0.2) is 90.6 Å². The van der Waals surface area contributed by atoms with Crippen LogP contribution in [-0.4, -0.2) is 19.3 Å². The highest BCUT2D eigenvalue weighted by Crippen LogP contribution is 2.45. The minimum atomic E-state index is 0.328. The monoisotopic (exact) mass is 678 g/mol. The van der Waals surface area contributed by atoms with E-state index in [9.17, 15) is 0 Å². The third kappa shape index (κ3) is 6.64. The zero-order valence-electron chi connectivity index (χ0n) is 32.2. The number of hydrogen-bond acceptors (Lipinski definition) is 3. The fraction of sp³-hybridized carbons (Fsp3) is 0.391. The highest BCUT2D eigenvalue weighted by molar-refractivity contribution is 6.09. The number of aryl methyl sites for hydroxylation is 1. The fourth-order valence-corrected chi connectivity index (χ4v) is 8.55. The standard InChI is InChI=1S/C46H54N4O/c1-27(2)19-34-17-18-47-44(22-34)49-42-14-12-11-13-40(42)41-16-15-38(26-43(41)49)51-39-24-36(29(5)6)23-37(25-39)50-33(10)46(32(9)48-50)45-30(7)20-35(28(3)4)21-31(45)8/h11-18,20,22-29,31,35,45H,19,21H2,1-10H3/t31?,35-,45-/m0/s1. The van der Waals surface area contributed by atoms with E-state index in [1.54, 1.807) is 0 Å². The number of fused-ring (bicyclic) bond motifs is 3.